The van der Waals surface area contributed by atoms with E-state index in [9.17, 15) is 4.79 Å². The third kappa shape index (κ3) is 3.82. The third-order valence-electron chi connectivity index (χ3n) is 3.74. The largest absolute Gasteiger partial charge is 0.384 e. The minimum absolute atomic E-state index is 0.0936. The summed E-state index contributed by atoms with van der Waals surface area (Å²) in [6.45, 7) is 1.99. The molecule has 0 bridgehead atoms. The molecule has 2 unspecified atom stereocenters. The standard InChI is InChI=1S/C16H20N2O2/c1-12-5-2-3-7-15(12)18-16(20)14-9-13(6-4-8-19)10-17-11-14/h9-12,15,19H,2-3,5,7-8H2,1H3,(H,18,20). The summed E-state index contributed by atoms with van der Waals surface area (Å²) >= 11 is 0. The zero-order valence-corrected chi connectivity index (χ0v) is 11.7. The van der Waals surface area contributed by atoms with Gasteiger partial charge in [-0.05, 0) is 24.8 Å². The Labute approximate surface area is 119 Å². The van der Waals surface area contributed by atoms with Gasteiger partial charge in [-0.1, -0.05) is 31.6 Å². The number of aliphatic hydroxyl groups excluding tert-OH is 1. The van der Waals surface area contributed by atoms with E-state index in [2.05, 4.69) is 29.1 Å². The van der Waals surface area contributed by atoms with Gasteiger partial charge in [-0.15, -0.1) is 0 Å². The molecule has 0 saturated heterocycles. The predicted molar refractivity (Wildman–Crippen MR) is 77.1 cm³/mol. The molecule has 0 radical (unpaired) electrons. The molecule has 1 aliphatic carbocycles. The highest BCUT2D eigenvalue weighted by atomic mass is 16.2. The van der Waals surface area contributed by atoms with Crippen LogP contribution in [0, 0.1) is 17.8 Å². The molecule has 1 saturated carbocycles. The molecule has 1 fully saturated rings. The SMILES string of the molecule is CC1CCCCC1NC(=O)c1cncc(C#CCO)c1. The number of nitrogens with zero attached hydrogens (tertiary/aromatic N) is 1. The van der Waals surface area contributed by atoms with Crippen LogP contribution in [0.4, 0.5) is 0 Å². The first-order valence-electron chi connectivity index (χ1n) is 7.06. The molecule has 2 atom stereocenters. The van der Waals surface area contributed by atoms with Gasteiger partial charge < -0.3 is 10.4 Å². The number of nitrogens with one attached hydrogen (secondary N) is 1. The highest BCUT2D eigenvalue weighted by molar-refractivity contribution is 5.94. The van der Waals surface area contributed by atoms with E-state index in [1.807, 2.05) is 0 Å². The summed E-state index contributed by atoms with van der Waals surface area (Å²) in [6, 6.07) is 1.96. The molecule has 106 valence electrons. The Morgan fingerprint density at radius 1 is 1.45 bits per heavy atom. The second-order valence-corrected chi connectivity index (χ2v) is 5.26. The first-order chi connectivity index (χ1) is 9.70. The number of rotatable bonds is 2. The monoisotopic (exact) mass is 272 g/mol. The summed E-state index contributed by atoms with van der Waals surface area (Å²) in [6.07, 6.45) is 7.78. The summed E-state index contributed by atoms with van der Waals surface area (Å²) < 4.78 is 0. The third-order valence-corrected chi connectivity index (χ3v) is 3.74. The van der Waals surface area contributed by atoms with E-state index in [1.54, 1.807) is 18.5 Å². The smallest absolute Gasteiger partial charge is 0.253 e. The fourth-order valence-electron chi connectivity index (χ4n) is 2.56. The zero-order valence-electron chi connectivity index (χ0n) is 11.7. The molecule has 2 rings (SSSR count). The van der Waals surface area contributed by atoms with E-state index in [0.29, 0.717) is 17.0 Å². The van der Waals surface area contributed by atoms with Crippen molar-refractivity contribution in [2.75, 3.05) is 6.61 Å². The topological polar surface area (TPSA) is 62.2 Å². The second kappa shape index (κ2) is 7.06. The normalized spacial score (nSPS) is 21.7. The van der Waals surface area contributed by atoms with Crippen LogP contribution in [0.3, 0.4) is 0 Å². The van der Waals surface area contributed by atoms with Crippen molar-refractivity contribution >= 4 is 5.91 Å². The van der Waals surface area contributed by atoms with Crippen LogP contribution in [-0.2, 0) is 0 Å². The lowest BCUT2D eigenvalue weighted by Gasteiger charge is -2.29. The Morgan fingerprint density at radius 3 is 3.00 bits per heavy atom. The quantitative estimate of drug-likeness (QED) is 0.806. The molecular formula is C16H20N2O2. The van der Waals surface area contributed by atoms with Crippen molar-refractivity contribution in [2.45, 2.75) is 38.6 Å². The summed E-state index contributed by atoms with van der Waals surface area (Å²) in [5.74, 6) is 5.74. The lowest BCUT2D eigenvalue weighted by atomic mass is 9.86. The summed E-state index contributed by atoms with van der Waals surface area (Å²) in [5, 5.41) is 11.8. The van der Waals surface area contributed by atoms with Gasteiger partial charge >= 0.3 is 0 Å². The maximum absolute atomic E-state index is 12.2. The van der Waals surface area contributed by atoms with Gasteiger partial charge in [-0.2, -0.15) is 0 Å². The van der Waals surface area contributed by atoms with Gasteiger partial charge in [-0.3, -0.25) is 9.78 Å². The van der Waals surface area contributed by atoms with Crippen LogP contribution in [0.2, 0.25) is 0 Å². The van der Waals surface area contributed by atoms with Crippen LogP contribution < -0.4 is 5.32 Å². The van der Waals surface area contributed by atoms with Crippen molar-refractivity contribution < 1.29 is 9.90 Å². The van der Waals surface area contributed by atoms with E-state index < -0.39 is 0 Å². The number of hydrogen-bond donors (Lipinski definition) is 2. The Hall–Kier alpha value is -1.86. The van der Waals surface area contributed by atoms with Gasteiger partial charge in [0.25, 0.3) is 5.91 Å². The maximum Gasteiger partial charge on any atom is 0.253 e. The molecule has 4 nitrogen and oxygen atoms in total. The fraction of sp³-hybridized carbons (Fsp3) is 0.500. The van der Waals surface area contributed by atoms with Crippen LogP contribution in [0.5, 0.6) is 0 Å². The molecule has 0 aliphatic heterocycles. The molecule has 0 spiro atoms. The highest BCUT2D eigenvalue weighted by Gasteiger charge is 2.23. The molecule has 4 heteroatoms. The Balaban J connectivity index is 2.05. The zero-order chi connectivity index (χ0) is 14.4. The fourth-order valence-corrected chi connectivity index (χ4v) is 2.56. The average molecular weight is 272 g/mol. The predicted octanol–water partition coefficient (Wildman–Crippen LogP) is 1.73. The molecule has 1 aromatic heterocycles. The lowest BCUT2D eigenvalue weighted by molar-refractivity contribution is 0.0910. The maximum atomic E-state index is 12.2. The van der Waals surface area contributed by atoms with Crippen molar-refractivity contribution in [1.82, 2.24) is 10.3 Å². The van der Waals surface area contributed by atoms with Crippen LogP contribution >= 0.6 is 0 Å². The Kier molecular flexibility index (Phi) is 5.14. The number of carbonyl (C=O) groups is 1. The summed E-state index contributed by atoms with van der Waals surface area (Å²) in [7, 11) is 0. The van der Waals surface area contributed by atoms with Gasteiger partial charge in [0, 0.05) is 24.0 Å². The molecule has 20 heavy (non-hydrogen) atoms. The van der Waals surface area contributed by atoms with Crippen molar-refractivity contribution in [2.24, 2.45) is 5.92 Å². The van der Waals surface area contributed by atoms with E-state index in [4.69, 9.17) is 5.11 Å². The highest BCUT2D eigenvalue weighted by Crippen LogP contribution is 2.23. The van der Waals surface area contributed by atoms with E-state index >= 15 is 0 Å². The summed E-state index contributed by atoms with van der Waals surface area (Å²) in [4.78, 5) is 16.3. The summed E-state index contributed by atoms with van der Waals surface area (Å²) in [5.41, 5.74) is 1.16. The van der Waals surface area contributed by atoms with Crippen molar-refractivity contribution in [3.63, 3.8) is 0 Å². The van der Waals surface area contributed by atoms with E-state index in [-0.39, 0.29) is 18.6 Å². The van der Waals surface area contributed by atoms with Crippen LogP contribution in [0.25, 0.3) is 0 Å². The number of hydrogen-bond acceptors (Lipinski definition) is 3. The number of pyridine rings is 1. The minimum atomic E-state index is -0.198. The van der Waals surface area contributed by atoms with Gasteiger partial charge in [0.2, 0.25) is 0 Å². The van der Waals surface area contributed by atoms with Crippen LogP contribution in [0.1, 0.15) is 48.5 Å². The van der Waals surface area contributed by atoms with Gasteiger partial charge in [0.15, 0.2) is 0 Å². The number of carbonyl (C=O) groups excluding carboxylic acids is 1. The Morgan fingerprint density at radius 2 is 2.25 bits per heavy atom. The van der Waals surface area contributed by atoms with E-state index in [1.165, 1.54) is 19.3 Å². The molecule has 1 heterocycles. The molecular weight excluding hydrogens is 252 g/mol. The molecule has 1 aliphatic rings. The van der Waals surface area contributed by atoms with Gasteiger partial charge in [0.1, 0.15) is 6.61 Å². The number of aliphatic hydroxyl groups is 1. The number of aromatic nitrogens is 1. The lowest BCUT2D eigenvalue weighted by Crippen LogP contribution is -2.41. The van der Waals surface area contributed by atoms with Crippen molar-refractivity contribution in [3.05, 3.63) is 29.6 Å². The van der Waals surface area contributed by atoms with E-state index in [0.717, 1.165) is 6.42 Å². The van der Waals surface area contributed by atoms with Gasteiger partial charge in [-0.25, -0.2) is 0 Å². The second-order valence-electron chi connectivity index (χ2n) is 5.26. The van der Waals surface area contributed by atoms with Crippen LogP contribution in [0.15, 0.2) is 18.5 Å². The first-order valence-corrected chi connectivity index (χ1v) is 7.06. The molecule has 1 amide bonds. The van der Waals surface area contributed by atoms with Crippen molar-refractivity contribution in [1.29, 1.82) is 0 Å². The first kappa shape index (κ1) is 14.5. The average Bonchev–Trinajstić information content (AvgIpc) is 2.48. The van der Waals surface area contributed by atoms with Gasteiger partial charge in [0.05, 0.1) is 5.56 Å². The minimum Gasteiger partial charge on any atom is -0.384 e. The van der Waals surface area contributed by atoms with Crippen LogP contribution in [-0.4, -0.2) is 28.6 Å². The van der Waals surface area contributed by atoms with Crippen molar-refractivity contribution in [3.8, 4) is 11.8 Å². The Bertz CT molecular complexity index is 531. The molecule has 0 aromatic carbocycles. The number of amides is 1. The molecule has 1 aromatic rings. The molecule has 2 N–H and O–H groups in total.